The molecule has 2 rings (SSSR count). The van der Waals surface area contributed by atoms with Crippen molar-refractivity contribution in [2.45, 2.75) is 46.1 Å². The summed E-state index contributed by atoms with van der Waals surface area (Å²) in [5, 5.41) is 0. The molecule has 0 aromatic rings. The van der Waals surface area contributed by atoms with Gasteiger partial charge < -0.3 is 14.4 Å². The summed E-state index contributed by atoms with van der Waals surface area (Å²) in [4.78, 5) is 24.5. The maximum Gasteiger partial charge on any atom is 0.410 e. The normalized spacial score (nSPS) is 25.4. The number of ketones is 1. The number of hydrogen-bond donors (Lipinski definition) is 0. The van der Waals surface area contributed by atoms with Crippen molar-refractivity contribution >= 4 is 11.9 Å². The van der Waals surface area contributed by atoms with Gasteiger partial charge in [0.25, 0.3) is 0 Å². The van der Waals surface area contributed by atoms with Crippen molar-refractivity contribution in [2.75, 3.05) is 13.1 Å². The first-order chi connectivity index (χ1) is 7.72. The Morgan fingerprint density at radius 3 is 2.41 bits per heavy atom. The van der Waals surface area contributed by atoms with Crippen molar-refractivity contribution in [1.82, 2.24) is 4.90 Å². The zero-order valence-electron chi connectivity index (χ0n) is 11.1. The van der Waals surface area contributed by atoms with Gasteiger partial charge in [-0.1, -0.05) is 0 Å². The molecule has 4 nitrogen and oxygen atoms in total. The summed E-state index contributed by atoms with van der Waals surface area (Å²) in [5.41, 5.74) is -0.176. The molecule has 4 heteroatoms. The van der Waals surface area contributed by atoms with Crippen LogP contribution >= 0.6 is 0 Å². The van der Waals surface area contributed by atoms with Crippen LogP contribution in [0.4, 0.5) is 4.79 Å². The highest BCUT2D eigenvalue weighted by atomic mass is 16.6. The lowest BCUT2D eigenvalue weighted by molar-refractivity contribution is -0.117. The zero-order valence-corrected chi connectivity index (χ0v) is 11.1. The zero-order chi connectivity index (χ0) is 12.8. The van der Waals surface area contributed by atoms with Gasteiger partial charge in [-0.3, -0.25) is 0 Å². The summed E-state index contributed by atoms with van der Waals surface area (Å²) >= 11 is 0. The molecule has 1 atom stereocenters. The van der Waals surface area contributed by atoms with Crippen LogP contribution < -0.4 is 0 Å². The van der Waals surface area contributed by atoms with Gasteiger partial charge in [-0.2, -0.15) is 0 Å². The van der Waals surface area contributed by atoms with E-state index in [1.54, 1.807) is 11.8 Å². The van der Waals surface area contributed by atoms with E-state index in [0.29, 0.717) is 12.3 Å². The van der Waals surface area contributed by atoms with Crippen LogP contribution in [0.25, 0.3) is 0 Å². The topological polar surface area (TPSA) is 46.6 Å². The van der Waals surface area contributed by atoms with Crippen LogP contribution in [0.15, 0.2) is 0 Å². The molecule has 1 spiro atoms. The Morgan fingerprint density at radius 2 is 1.94 bits per heavy atom. The second-order valence-corrected chi connectivity index (χ2v) is 6.51. The molecule has 2 aliphatic rings. The summed E-state index contributed by atoms with van der Waals surface area (Å²) in [6.45, 7) is 8.78. The molecule has 1 saturated carbocycles. The summed E-state index contributed by atoms with van der Waals surface area (Å²) in [5.74, 6) is 0.751. The fraction of sp³-hybridized carbons (Fsp3) is 0.846. The van der Waals surface area contributed by atoms with E-state index < -0.39 is 5.60 Å². The molecule has 1 aliphatic carbocycles. The van der Waals surface area contributed by atoms with E-state index in [2.05, 4.69) is 0 Å². The SMILES string of the molecule is CC(=O)CC1CC12CN(C(=O)OC(C)(C)C)C2. The number of nitrogens with zero attached hydrogens (tertiary/aromatic N) is 1. The van der Waals surface area contributed by atoms with Crippen molar-refractivity contribution in [3.05, 3.63) is 0 Å². The molecule has 1 heterocycles. The predicted octanol–water partition coefficient (Wildman–Crippen LogP) is 2.22. The van der Waals surface area contributed by atoms with Crippen LogP contribution in [0.2, 0.25) is 0 Å². The van der Waals surface area contributed by atoms with E-state index in [1.165, 1.54) is 0 Å². The number of hydrogen-bond acceptors (Lipinski definition) is 3. The van der Waals surface area contributed by atoms with Crippen LogP contribution in [0, 0.1) is 11.3 Å². The molecule has 96 valence electrons. The first-order valence-corrected chi connectivity index (χ1v) is 6.19. The third-order valence-corrected chi connectivity index (χ3v) is 3.56. The largest absolute Gasteiger partial charge is 0.444 e. The smallest absolute Gasteiger partial charge is 0.410 e. The van der Waals surface area contributed by atoms with E-state index in [0.717, 1.165) is 19.5 Å². The average Bonchev–Trinajstić information content (AvgIpc) is 2.71. The highest BCUT2D eigenvalue weighted by Crippen LogP contribution is 2.60. The lowest BCUT2D eigenvalue weighted by atomic mass is 9.92. The Kier molecular flexibility index (Phi) is 2.71. The lowest BCUT2D eigenvalue weighted by Crippen LogP contribution is -2.53. The van der Waals surface area contributed by atoms with Crippen LogP contribution in [0.1, 0.15) is 40.5 Å². The highest BCUT2D eigenvalue weighted by molar-refractivity contribution is 5.76. The van der Waals surface area contributed by atoms with Gasteiger partial charge in [-0.25, -0.2) is 4.79 Å². The predicted molar refractivity (Wildman–Crippen MR) is 63.6 cm³/mol. The minimum absolute atomic E-state index is 0.225. The van der Waals surface area contributed by atoms with Gasteiger partial charge in [0.1, 0.15) is 11.4 Å². The Balaban J connectivity index is 1.77. The molecule has 2 fully saturated rings. The minimum atomic E-state index is -0.428. The summed E-state index contributed by atoms with van der Waals surface area (Å²) in [6.07, 6.45) is 1.53. The van der Waals surface area contributed by atoms with Gasteiger partial charge in [0, 0.05) is 24.9 Å². The van der Waals surface area contributed by atoms with Crippen LogP contribution in [-0.2, 0) is 9.53 Å². The monoisotopic (exact) mass is 239 g/mol. The number of rotatable bonds is 2. The number of likely N-dealkylation sites (tertiary alicyclic amines) is 1. The molecule has 1 amide bonds. The summed E-state index contributed by atoms with van der Waals surface area (Å²) in [6, 6.07) is 0. The van der Waals surface area contributed by atoms with Crippen molar-refractivity contribution in [3.63, 3.8) is 0 Å². The number of Topliss-reactive ketones (excluding diaryl/α,β-unsaturated/α-hetero) is 1. The maximum absolute atomic E-state index is 11.7. The van der Waals surface area contributed by atoms with Crippen LogP contribution in [0.5, 0.6) is 0 Å². The maximum atomic E-state index is 11.7. The van der Waals surface area contributed by atoms with Gasteiger partial charge in [0.15, 0.2) is 0 Å². The Morgan fingerprint density at radius 1 is 1.35 bits per heavy atom. The molecular weight excluding hydrogens is 218 g/mol. The van der Waals surface area contributed by atoms with Crippen molar-refractivity contribution in [3.8, 4) is 0 Å². The van der Waals surface area contributed by atoms with Gasteiger partial charge in [-0.05, 0) is 40.0 Å². The van der Waals surface area contributed by atoms with Crippen molar-refractivity contribution in [1.29, 1.82) is 0 Å². The van der Waals surface area contributed by atoms with Crippen molar-refractivity contribution < 1.29 is 14.3 Å². The summed E-state index contributed by atoms with van der Waals surface area (Å²) < 4.78 is 5.30. The Hall–Kier alpha value is -1.06. The van der Waals surface area contributed by atoms with Gasteiger partial charge in [0.2, 0.25) is 0 Å². The number of amides is 1. The molecule has 1 saturated heterocycles. The van der Waals surface area contributed by atoms with Gasteiger partial charge in [-0.15, -0.1) is 0 Å². The van der Waals surface area contributed by atoms with Crippen LogP contribution in [-0.4, -0.2) is 35.5 Å². The first kappa shape index (κ1) is 12.4. The van der Waals surface area contributed by atoms with Crippen molar-refractivity contribution in [2.24, 2.45) is 11.3 Å². The molecule has 0 N–H and O–H groups in total. The molecule has 0 aromatic heterocycles. The third-order valence-electron chi connectivity index (χ3n) is 3.56. The molecule has 1 aliphatic heterocycles. The molecular formula is C13H21NO3. The van der Waals surface area contributed by atoms with Gasteiger partial charge >= 0.3 is 6.09 Å². The molecule has 0 bridgehead atoms. The number of carbonyl (C=O) groups is 2. The minimum Gasteiger partial charge on any atom is -0.444 e. The quantitative estimate of drug-likeness (QED) is 0.742. The number of carbonyl (C=O) groups excluding carboxylic acids is 2. The first-order valence-electron chi connectivity index (χ1n) is 6.19. The third kappa shape index (κ3) is 2.61. The fourth-order valence-electron chi connectivity index (χ4n) is 2.62. The van der Waals surface area contributed by atoms with E-state index in [-0.39, 0.29) is 17.3 Å². The molecule has 0 aromatic carbocycles. The Labute approximate surface area is 102 Å². The van der Waals surface area contributed by atoms with Crippen LogP contribution in [0.3, 0.4) is 0 Å². The standard InChI is InChI=1S/C13H21NO3/c1-9(15)5-10-6-13(10)7-14(8-13)11(16)17-12(2,3)4/h10H,5-8H2,1-4H3. The van der Waals surface area contributed by atoms with E-state index in [9.17, 15) is 9.59 Å². The molecule has 0 radical (unpaired) electrons. The van der Waals surface area contributed by atoms with E-state index in [4.69, 9.17) is 4.74 Å². The number of ether oxygens (including phenoxy) is 1. The second kappa shape index (κ2) is 3.72. The molecule has 17 heavy (non-hydrogen) atoms. The molecule has 1 unspecified atom stereocenters. The van der Waals surface area contributed by atoms with E-state index in [1.807, 2.05) is 20.8 Å². The summed E-state index contributed by atoms with van der Waals surface area (Å²) in [7, 11) is 0. The van der Waals surface area contributed by atoms with Gasteiger partial charge in [0.05, 0.1) is 0 Å². The lowest BCUT2D eigenvalue weighted by Gasteiger charge is -2.41. The average molecular weight is 239 g/mol. The second-order valence-electron chi connectivity index (χ2n) is 6.51. The highest BCUT2D eigenvalue weighted by Gasteiger charge is 2.62. The van der Waals surface area contributed by atoms with E-state index >= 15 is 0 Å². The fourth-order valence-corrected chi connectivity index (χ4v) is 2.62. The Bertz CT molecular complexity index is 350.